The second-order valence-corrected chi connectivity index (χ2v) is 18.5. The number of aromatic amines is 2. The Labute approximate surface area is 361 Å². The summed E-state index contributed by atoms with van der Waals surface area (Å²) in [5.74, 6) is 1.74. The number of aromatic nitrogens is 4. The Morgan fingerprint density at radius 2 is 1.69 bits per heavy atom. The van der Waals surface area contributed by atoms with Crippen LogP contribution in [0, 0.1) is 17.3 Å². The number of piperidine rings is 1. The third-order valence-electron chi connectivity index (χ3n) is 14.0. The molecule has 2 saturated carbocycles. The van der Waals surface area contributed by atoms with Crippen LogP contribution in [0.3, 0.4) is 0 Å². The Kier molecular flexibility index (Phi) is 11.2. The molecule has 5 N–H and O–H groups in total. The smallest absolute Gasteiger partial charge is 0.407 e. The molecule has 62 heavy (non-hydrogen) atoms. The van der Waals surface area contributed by atoms with E-state index in [1.165, 1.54) is 24.7 Å². The summed E-state index contributed by atoms with van der Waals surface area (Å²) in [6.45, 7) is 10.4. The van der Waals surface area contributed by atoms with Crippen LogP contribution in [0.15, 0.2) is 67.0 Å². The van der Waals surface area contributed by atoms with E-state index in [2.05, 4.69) is 81.8 Å². The van der Waals surface area contributed by atoms with Crippen LogP contribution in [0.4, 0.5) is 4.79 Å². The maximum Gasteiger partial charge on any atom is 0.407 e. The Bertz CT molecular complexity index is 2490. The first-order valence-corrected chi connectivity index (χ1v) is 22.0. The molecule has 326 valence electrons. The maximum atomic E-state index is 14.0. The van der Waals surface area contributed by atoms with Crippen LogP contribution >= 0.6 is 0 Å². The van der Waals surface area contributed by atoms with Gasteiger partial charge in [0.2, 0.25) is 18.2 Å². The van der Waals surface area contributed by atoms with Crippen molar-refractivity contribution in [1.29, 1.82) is 0 Å². The van der Waals surface area contributed by atoms with Gasteiger partial charge in [0.15, 0.2) is 0 Å². The van der Waals surface area contributed by atoms with E-state index in [0.717, 1.165) is 84.7 Å². The van der Waals surface area contributed by atoms with E-state index in [-0.39, 0.29) is 47.2 Å². The highest BCUT2D eigenvalue weighted by atomic mass is 16.6. The van der Waals surface area contributed by atoms with Gasteiger partial charge in [-0.2, -0.15) is 0 Å². The molecule has 2 aromatic heterocycles. The van der Waals surface area contributed by atoms with Crippen LogP contribution in [0.5, 0.6) is 0 Å². The number of nitrogens with one attached hydrogen (secondary N) is 4. The average molecular weight is 843 g/mol. The number of aliphatic hydroxyl groups is 1. The molecule has 0 radical (unpaired) electrons. The molecule has 3 aliphatic carbocycles. The number of amides is 3. The molecule has 4 heterocycles. The molecular formula is C48H58N8O6. The van der Waals surface area contributed by atoms with Crippen molar-refractivity contribution in [3.8, 4) is 22.4 Å². The van der Waals surface area contributed by atoms with Crippen molar-refractivity contribution < 1.29 is 29.0 Å². The maximum absolute atomic E-state index is 14.0. The minimum absolute atomic E-state index is 0.0341. The fourth-order valence-corrected chi connectivity index (χ4v) is 10.4. The van der Waals surface area contributed by atoms with Gasteiger partial charge in [-0.1, -0.05) is 69.0 Å². The van der Waals surface area contributed by atoms with Gasteiger partial charge in [-0.25, -0.2) is 14.8 Å². The minimum Gasteiger partial charge on any atom is -0.453 e. The molecule has 14 nitrogen and oxygen atoms in total. The zero-order valence-corrected chi connectivity index (χ0v) is 36.2. The second-order valence-electron chi connectivity index (χ2n) is 18.5. The van der Waals surface area contributed by atoms with Gasteiger partial charge < -0.3 is 39.7 Å². The minimum atomic E-state index is -1.22. The number of alkyl carbamates (subject to hydrolysis) is 1. The molecule has 1 spiro atoms. The van der Waals surface area contributed by atoms with Gasteiger partial charge in [0.1, 0.15) is 17.7 Å². The molecule has 2 aliphatic heterocycles. The molecule has 4 aromatic rings. The molecule has 9 rings (SSSR count). The van der Waals surface area contributed by atoms with Gasteiger partial charge in [0, 0.05) is 37.5 Å². The molecule has 8 atom stereocenters. The largest absolute Gasteiger partial charge is 0.453 e. The lowest BCUT2D eigenvalue weighted by Gasteiger charge is -2.36. The standard InChI is InChI=1S/C48H58N8O6/c1-26(2)39(53-46(59)61-5)44(57)55-25-48(17-18-48)22-38(55)42-49-24-37(51-42)33-14-13-31-19-30(11-12-32(31)20-33)28-7-9-29(10-8-28)36-23-50-43(52-36)41-34-15-16-35(21-34)56(41)45(58)40(27(3)4)54-47(60)62-6/h7-13,19-20,23-24,26,33-35,38-41,46,53,59H,3,14-18,21-22,25H2,1-2,4-6H3,(H,49,51)(H,50,52)(H,54,60). The van der Waals surface area contributed by atoms with Crippen molar-refractivity contribution in [2.24, 2.45) is 17.3 Å². The Balaban J connectivity index is 0.884. The molecule has 4 fully saturated rings. The van der Waals surface area contributed by atoms with Crippen LogP contribution < -0.4 is 21.1 Å². The van der Waals surface area contributed by atoms with Gasteiger partial charge in [0.05, 0.1) is 37.1 Å². The van der Waals surface area contributed by atoms with Crippen molar-refractivity contribution in [2.75, 3.05) is 20.8 Å². The number of hydrogen-bond donors (Lipinski definition) is 5. The third kappa shape index (κ3) is 7.88. The topological polar surface area (TPSA) is 178 Å². The van der Waals surface area contributed by atoms with Crippen molar-refractivity contribution in [3.63, 3.8) is 0 Å². The molecule has 14 heteroatoms. The van der Waals surface area contributed by atoms with Crippen LogP contribution in [-0.2, 0) is 19.1 Å². The number of hydrogen-bond acceptors (Lipinski definition) is 9. The number of ether oxygens (including phenoxy) is 2. The van der Waals surface area contributed by atoms with E-state index in [4.69, 9.17) is 19.4 Å². The summed E-state index contributed by atoms with van der Waals surface area (Å²) in [6.07, 6.45) is 13.3. The number of rotatable bonds is 13. The Morgan fingerprint density at radius 1 is 0.952 bits per heavy atom. The highest BCUT2D eigenvalue weighted by Crippen LogP contribution is 2.58. The number of aliphatic hydroxyl groups excluding tert-OH is 1. The van der Waals surface area contributed by atoms with E-state index in [1.807, 2.05) is 36.0 Å². The lowest BCUT2D eigenvalue weighted by molar-refractivity contribution is -0.145. The molecule has 8 unspecified atom stereocenters. The van der Waals surface area contributed by atoms with Gasteiger partial charge in [-0.3, -0.25) is 14.9 Å². The lowest BCUT2D eigenvalue weighted by atomic mass is 9.93. The highest BCUT2D eigenvalue weighted by Gasteiger charge is 2.55. The zero-order valence-electron chi connectivity index (χ0n) is 36.2. The molecular weight excluding hydrogens is 785 g/mol. The number of methoxy groups -OCH3 is 2. The molecule has 2 saturated heterocycles. The van der Waals surface area contributed by atoms with Crippen LogP contribution in [0.25, 0.3) is 34.5 Å². The van der Waals surface area contributed by atoms with E-state index in [9.17, 15) is 19.5 Å². The fourth-order valence-electron chi connectivity index (χ4n) is 10.4. The molecule has 2 aromatic carbocycles. The number of carbonyl (C=O) groups excluding carboxylic acids is 3. The second kappa shape index (κ2) is 16.6. The summed E-state index contributed by atoms with van der Waals surface area (Å²) in [7, 11) is 2.69. The normalized spacial score (nSPS) is 24.6. The summed E-state index contributed by atoms with van der Waals surface area (Å²) >= 11 is 0. The van der Waals surface area contributed by atoms with Gasteiger partial charge in [-0.05, 0) is 108 Å². The van der Waals surface area contributed by atoms with Gasteiger partial charge in [0.25, 0.3) is 0 Å². The predicted octanol–water partition coefficient (Wildman–Crippen LogP) is 5.16. The van der Waals surface area contributed by atoms with E-state index < -0.39 is 24.6 Å². The number of likely N-dealkylation sites (tertiary alicyclic amines) is 2. The monoisotopic (exact) mass is 842 g/mol. The van der Waals surface area contributed by atoms with E-state index in [0.29, 0.717) is 18.0 Å². The van der Waals surface area contributed by atoms with Gasteiger partial charge in [-0.15, -0.1) is 0 Å². The summed E-state index contributed by atoms with van der Waals surface area (Å²) in [5, 5.41) is 18.1. The average Bonchev–Trinajstić information content (AvgIpc) is 3.91. The van der Waals surface area contributed by atoms with Crippen molar-refractivity contribution in [2.45, 2.75) is 108 Å². The number of imidazole rings is 2. The molecule has 5 aliphatic rings. The number of benzene rings is 2. The van der Waals surface area contributed by atoms with Crippen molar-refractivity contribution in [3.05, 3.63) is 94.8 Å². The number of H-pyrrole nitrogens is 2. The number of carbonyl (C=O) groups is 3. The Morgan fingerprint density at radius 3 is 2.40 bits per heavy atom. The van der Waals surface area contributed by atoms with Crippen LogP contribution in [-0.4, -0.2) is 98.1 Å². The quantitative estimate of drug-likeness (QED) is 0.0900. The van der Waals surface area contributed by atoms with Crippen molar-refractivity contribution in [1.82, 2.24) is 40.4 Å². The number of fused-ring (bicyclic) bond motifs is 3. The summed E-state index contributed by atoms with van der Waals surface area (Å²) in [5.41, 5.74) is 5.85. The highest BCUT2D eigenvalue weighted by molar-refractivity contribution is 5.89. The van der Waals surface area contributed by atoms with Gasteiger partial charge >= 0.3 is 6.09 Å². The third-order valence-corrected chi connectivity index (χ3v) is 14.0. The lowest BCUT2D eigenvalue weighted by Crippen LogP contribution is -2.53. The first kappa shape index (κ1) is 41.8. The zero-order chi connectivity index (χ0) is 43.4. The van der Waals surface area contributed by atoms with Crippen LogP contribution in [0.2, 0.25) is 0 Å². The first-order valence-electron chi connectivity index (χ1n) is 22.0. The molecule has 2 bridgehead atoms. The first-order chi connectivity index (χ1) is 29.8. The summed E-state index contributed by atoms with van der Waals surface area (Å²) in [6, 6.07) is 13.3. The van der Waals surface area contributed by atoms with Crippen LogP contribution in [0.1, 0.15) is 101 Å². The van der Waals surface area contributed by atoms with E-state index >= 15 is 0 Å². The van der Waals surface area contributed by atoms with Crippen molar-refractivity contribution >= 4 is 30.1 Å². The summed E-state index contributed by atoms with van der Waals surface area (Å²) < 4.78 is 9.82. The fraction of sp³-hybridized carbons (Fsp3) is 0.479. The molecule has 3 amide bonds. The van der Waals surface area contributed by atoms with E-state index in [1.54, 1.807) is 6.92 Å². The Hall–Kier alpha value is -5.57. The number of nitrogens with zero attached hydrogens (tertiary/aromatic N) is 4. The summed E-state index contributed by atoms with van der Waals surface area (Å²) in [4.78, 5) is 60.7. The predicted molar refractivity (Wildman–Crippen MR) is 234 cm³/mol. The SMILES string of the molecule is C=C(C)C(NC(=O)OC)C(=O)N1C2CCC(C2)C1c1ncc(-c2ccc(-c3ccc4c(c3)=CCC(c3cnc(C5CC6(CC6)CN5C(=O)C(NC(O)OC)C(C)C)[nH]3)C=4)cc2)[nH]1.